The van der Waals surface area contributed by atoms with Gasteiger partial charge in [0.25, 0.3) is 0 Å². The second-order valence-corrected chi connectivity index (χ2v) is 4.07. The Labute approximate surface area is 123 Å². The standard InChI is InChI=1S/C14H19N3O4/c1-20-11-5-3-6-12(21-2)10(11)9-17-14(15)16-8-4-7-13(18)19/h3,5-6,9H,4,7-8H2,1-2H3,(H2,15,16)(H,18,19)/b17-9+. The Hall–Kier alpha value is -2.57. The molecule has 7 heteroatoms. The van der Waals surface area contributed by atoms with E-state index in [1.807, 2.05) is 0 Å². The molecule has 0 saturated heterocycles. The summed E-state index contributed by atoms with van der Waals surface area (Å²) in [6.45, 7) is 0.318. The molecule has 0 unspecified atom stereocenters. The molecule has 0 aliphatic heterocycles. The van der Waals surface area contributed by atoms with Crippen molar-refractivity contribution in [3.63, 3.8) is 0 Å². The van der Waals surface area contributed by atoms with Crippen LogP contribution in [0.2, 0.25) is 0 Å². The first-order valence-corrected chi connectivity index (χ1v) is 6.35. The van der Waals surface area contributed by atoms with E-state index in [1.54, 1.807) is 32.4 Å². The molecule has 0 fully saturated rings. The van der Waals surface area contributed by atoms with Gasteiger partial charge in [-0.25, -0.2) is 4.99 Å². The fourth-order valence-corrected chi connectivity index (χ4v) is 1.60. The zero-order valence-corrected chi connectivity index (χ0v) is 12.1. The third-order valence-corrected chi connectivity index (χ3v) is 2.61. The van der Waals surface area contributed by atoms with E-state index in [-0.39, 0.29) is 12.4 Å². The van der Waals surface area contributed by atoms with Gasteiger partial charge < -0.3 is 20.3 Å². The molecule has 0 aromatic heterocycles. The number of benzene rings is 1. The van der Waals surface area contributed by atoms with Crippen molar-refractivity contribution in [3.8, 4) is 11.5 Å². The van der Waals surface area contributed by atoms with Crippen molar-refractivity contribution in [3.05, 3.63) is 23.8 Å². The SMILES string of the molecule is COc1cccc(OC)c1/C=N/C(N)=NCCCC(=O)O. The number of nitrogens with zero attached hydrogens (tertiary/aromatic N) is 2. The molecule has 1 rings (SSSR count). The lowest BCUT2D eigenvalue weighted by molar-refractivity contribution is -0.137. The van der Waals surface area contributed by atoms with Crippen molar-refractivity contribution >= 4 is 18.1 Å². The molecule has 0 aliphatic rings. The van der Waals surface area contributed by atoms with Crippen molar-refractivity contribution in [1.29, 1.82) is 0 Å². The molecule has 7 nitrogen and oxygen atoms in total. The van der Waals surface area contributed by atoms with Gasteiger partial charge in [0, 0.05) is 19.2 Å². The topological polar surface area (TPSA) is 107 Å². The zero-order valence-electron chi connectivity index (χ0n) is 12.1. The van der Waals surface area contributed by atoms with Gasteiger partial charge >= 0.3 is 5.97 Å². The van der Waals surface area contributed by atoms with Crippen LogP contribution in [0, 0.1) is 0 Å². The quantitative estimate of drug-likeness (QED) is 0.448. The van der Waals surface area contributed by atoms with Gasteiger partial charge in [0.1, 0.15) is 11.5 Å². The molecule has 0 aliphatic carbocycles. The van der Waals surface area contributed by atoms with Crippen LogP contribution in [0.15, 0.2) is 28.2 Å². The van der Waals surface area contributed by atoms with Crippen LogP contribution >= 0.6 is 0 Å². The van der Waals surface area contributed by atoms with Crippen LogP contribution in [-0.4, -0.2) is 44.0 Å². The molecule has 114 valence electrons. The molecule has 0 radical (unpaired) electrons. The maximum atomic E-state index is 10.4. The highest BCUT2D eigenvalue weighted by Gasteiger charge is 2.07. The summed E-state index contributed by atoms with van der Waals surface area (Å²) in [6.07, 6.45) is 1.98. The first-order valence-electron chi connectivity index (χ1n) is 6.35. The highest BCUT2D eigenvalue weighted by atomic mass is 16.5. The predicted molar refractivity (Wildman–Crippen MR) is 80.5 cm³/mol. The minimum Gasteiger partial charge on any atom is -0.496 e. The van der Waals surface area contributed by atoms with E-state index < -0.39 is 5.97 Å². The van der Waals surface area contributed by atoms with Crippen LogP contribution in [0.1, 0.15) is 18.4 Å². The van der Waals surface area contributed by atoms with Gasteiger partial charge in [-0.1, -0.05) is 6.07 Å². The summed E-state index contributed by atoms with van der Waals surface area (Å²) in [5.74, 6) is 0.438. The molecular formula is C14H19N3O4. The lowest BCUT2D eigenvalue weighted by Gasteiger charge is -2.08. The van der Waals surface area contributed by atoms with E-state index in [9.17, 15) is 4.79 Å². The monoisotopic (exact) mass is 293 g/mol. The summed E-state index contributed by atoms with van der Waals surface area (Å²) in [5, 5.41) is 8.51. The summed E-state index contributed by atoms with van der Waals surface area (Å²) in [5.41, 5.74) is 6.30. The second kappa shape index (κ2) is 8.57. The van der Waals surface area contributed by atoms with Crippen molar-refractivity contribution in [2.45, 2.75) is 12.8 Å². The first kappa shape index (κ1) is 16.5. The van der Waals surface area contributed by atoms with Crippen LogP contribution in [-0.2, 0) is 4.79 Å². The van der Waals surface area contributed by atoms with Crippen molar-refractivity contribution < 1.29 is 19.4 Å². The van der Waals surface area contributed by atoms with Gasteiger partial charge in [0.05, 0.1) is 19.8 Å². The number of guanidine groups is 1. The average molecular weight is 293 g/mol. The largest absolute Gasteiger partial charge is 0.496 e. The Morgan fingerprint density at radius 1 is 1.33 bits per heavy atom. The minimum absolute atomic E-state index is 0.0564. The molecule has 1 aromatic rings. The summed E-state index contributed by atoms with van der Waals surface area (Å²) in [4.78, 5) is 18.4. The molecule has 0 heterocycles. The van der Waals surface area contributed by atoms with E-state index in [0.29, 0.717) is 30.0 Å². The van der Waals surface area contributed by atoms with E-state index in [0.717, 1.165) is 0 Å². The van der Waals surface area contributed by atoms with Gasteiger partial charge in [-0.05, 0) is 18.6 Å². The Balaban J connectivity index is 2.75. The van der Waals surface area contributed by atoms with Gasteiger partial charge in [0.2, 0.25) is 5.96 Å². The average Bonchev–Trinajstić information content (AvgIpc) is 2.48. The number of hydrogen-bond donors (Lipinski definition) is 2. The lowest BCUT2D eigenvalue weighted by Crippen LogP contribution is -2.10. The van der Waals surface area contributed by atoms with E-state index in [4.69, 9.17) is 20.3 Å². The molecule has 0 atom stereocenters. The maximum Gasteiger partial charge on any atom is 0.303 e. The van der Waals surface area contributed by atoms with Gasteiger partial charge in [-0.2, -0.15) is 0 Å². The number of carboxylic acids is 1. The minimum atomic E-state index is -0.856. The molecule has 0 bridgehead atoms. The van der Waals surface area contributed by atoms with Gasteiger partial charge in [-0.15, -0.1) is 0 Å². The summed E-state index contributed by atoms with van der Waals surface area (Å²) >= 11 is 0. The zero-order chi connectivity index (χ0) is 15.7. The Kier molecular flexibility index (Phi) is 6.73. The number of methoxy groups -OCH3 is 2. The highest BCUT2D eigenvalue weighted by Crippen LogP contribution is 2.26. The molecule has 0 saturated carbocycles. The number of rotatable bonds is 7. The van der Waals surface area contributed by atoms with Crippen LogP contribution in [0.4, 0.5) is 0 Å². The van der Waals surface area contributed by atoms with Crippen LogP contribution < -0.4 is 15.2 Å². The number of hydrogen-bond acceptors (Lipinski definition) is 4. The number of ether oxygens (including phenoxy) is 2. The molecule has 3 N–H and O–H groups in total. The van der Waals surface area contributed by atoms with E-state index in [1.165, 1.54) is 6.21 Å². The smallest absolute Gasteiger partial charge is 0.303 e. The fourth-order valence-electron chi connectivity index (χ4n) is 1.60. The molecule has 21 heavy (non-hydrogen) atoms. The van der Waals surface area contributed by atoms with Gasteiger partial charge in [0.15, 0.2) is 0 Å². The molecule has 0 amide bonds. The van der Waals surface area contributed by atoms with Gasteiger partial charge in [-0.3, -0.25) is 9.79 Å². The van der Waals surface area contributed by atoms with Crippen molar-refractivity contribution in [2.24, 2.45) is 15.7 Å². The number of carbonyl (C=O) groups is 1. The molecule has 0 spiro atoms. The number of aliphatic carboxylic acids is 1. The van der Waals surface area contributed by atoms with E-state index >= 15 is 0 Å². The Bertz CT molecular complexity index is 519. The summed E-state index contributed by atoms with van der Waals surface area (Å²) < 4.78 is 10.5. The Morgan fingerprint density at radius 2 is 1.95 bits per heavy atom. The van der Waals surface area contributed by atoms with Crippen molar-refractivity contribution in [2.75, 3.05) is 20.8 Å². The van der Waals surface area contributed by atoms with E-state index in [2.05, 4.69) is 9.98 Å². The predicted octanol–water partition coefficient (Wildman–Crippen LogP) is 1.30. The summed E-state index contributed by atoms with van der Waals surface area (Å²) in [6, 6.07) is 5.37. The third kappa shape index (κ3) is 5.52. The van der Waals surface area contributed by atoms with Crippen LogP contribution in [0.5, 0.6) is 11.5 Å². The fraction of sp³-hybridized carbons (Fsp3) is 0.357. The lowest BCUT2D eigenvalue weighted by atomic mass is 10.2. The maximum absolute atomic E-state index is 10.4. The highest BCUT2D eigenvalue weighted by molar-refractivity contribution is 5.96. The second-order valence-electron chi connectivity index (χ2n) is 4.07. The Morgan fingerprint density at radius 3 is 2.48 bits per heavy atom. The number of nitrogens with two attached hydrogens (primary N) is 1. The molecular weight excluding hydrogens is 274 g/mol. The summed E-state index contributed by atoms with van der Waals surface area (Å²) in [7, 11) is 3.10. The van der Waals surface area contributed by atoms with Crippen LogP contribution in [0.3, 0.4) is 0 Å². The van der Waals surface area contributed by atoms with Crippen molar-refractivity contribution in [1.82, 2.24) is 0 Å². The molecule has 1 aromatic carbocycles. The number of carboxylic acid groups (broad SMARTS) is 1. The third-order valence-electron chi connectivity index (χ3n) is 2.61. The van der Waals surface area contributed by atoms with Crippen LogP contribution in [0.25, 0.3) is 0 Å². The first-order chi connectivity index (χ1) is 10.1. The number of aliphatic imine (C=N–C) groups is 2. The normalized spacial score (nSPS) is 11.6.